The van der Waals surface area contributed by atoms with Crippen molar-refractivity contribution in [1.29, 1.82) is 0 Å². The monoisotopic (exact) mass is 267 g/mol. The number of benzene rings is 1. The number of amides is 1. The first-order chi connectivity index (χ1) is 8.58. The Hall–Kier alpha value is -1.49. The van der Waals surface area contributed by atoms with Crippen LogP contribution in [0.4, 0.5) is 5.69 Å². The van der Waals surface area contributed by atoms with E-state index in [1.54, 1.807) is 19.1 Å². The molecule has 1 rings (SSSR count). The minimum atomic E-state index is -0.0927. The fourth-order valence-electron chi connectivity index (χ4n) is 1.30. The second kappa shape index (κ2) is 7.76. The van der Waals surface area contributed by atoms with Gasteiger partial charge in [-0.1, -0.05) is 11.8 Å². The molecule has 0 spiro atoms. The Bertz CT molecular complexity index is 403. The van der Waals surface area contributed by atoms with Crippen molar-refractivity contribution in [1.82, 2.24) is 0 Å². The molecule has 4 nitrogen and oxygen atoms in total. The second-order valence-corrected chi connectivity index (χ2v) is 5.02. The molecule has 0 fully saturated rings. The first-order valence-corrected chi connectivity index (χ1v) is 6.70. The van der Waals surface area contributed by atoms with E-state index in [2.05, 4.69) is 5.32 Å². The summed E-state index contributed by atoms with van der Waals surface area (Å²) in [6, 6.07) is 7.20. The largest absolute Gasteiger partial charge is 0.494 e. The van der Waals surface area contributed by atoms with Gasteiger partial charge in [-0.15, -0.1) is 0 Å². The number of thioether (sulfide) groups is 1. The van der Waals surface area contributed by atoms with Crippen molar-refractivity contribution in [2.45, 2.75) is 20.3 Å². The maximum Gasteiger partial charge on any atom is 0.221 e. The minimum absolute atomic E-state index is 0.0927. The number of hydrogen-bond donors (Lipinski definition) is 1. The molecule has 0 bridgehead atoms. The van der Waals surface area contributed by atoms with Gasteiger partial charge < -0.3 is 10.1 Å². The predicted molar refractivity (Wildman–Crippen MR) is 74.0 cm³/mol. The van der Waals surface area contributed by atoms with E-state index in [0.29, 0.717) is 6.61 Å². The Morgan fingerprint density at radius 1 is 1.22 bits per heavy atom. The van der Waals surface area contributed by atoms with E-state index in [9.17, 15) is 9.59 Å². The molecule has 1 amide bonds. The highest BCUT2D eigenvalue weighted by Gasteiger charge is 1.98. The van der Waals surface area contributed by atoms with Crippen LogP contribution in [0, 0.1) is 0 Å². The lowest BCUT2D eigenvalue weighted by atomic mass is 10.3. The van der Waals surface area contributed by atoms with Gasteiger partial charge in [-0.3, -0.25) is 9.59 Å². The molecule has 18 heavy (non-hydrogen) atoms. The fourth-order valence-corrected chi connectivity index (χ4v) is 1.85. The zero-order chi connectivity index (χ0) is 13.4. The molecule has 0 aromatic heterocycles. The first kappa shape index (κ1) is 14.6. The smallest absolute Gasteiger partial charge is 0.221 e. The molecule has 0 aliphatic heterocycles. The molecule has 0 atom stereocenters. The van der Waals surface area contributed by atoms with Crippen LogP contribution < -0.4 is 10.1 Å². The van der Waals surface area contributed by atoms with Crippen molar-refractivity contribution in [2.75, 3.05) is 17.7 Å². The number of rotatable bonds is 6. The molecular formula is C13H17NO3S. The van der Waals surface area contributed by atoms with Crippen LogP contribution in [0.15, 0.2) is 24.3 Å². The maximum atomic E-state index is 10.8. The van der Waals surface area contributed by atoms with Crippen LogP contribution in [-0.2, 0) is 9.59 Å². The van der Waals surface area contributed by atoms with Gasteiger partial charge in [0.25, 0.3) is 0 Å². The van der Waals surface area contributed by atoms with Crippen molar-refractivity contribution >= 4 is 28.5 Å². The number of ether oxygens (including phenoxy) is 1. The van der Waals surface area contributed by atoms with Crippen LogP contribution in [0.5, 0.6) is 5.75 Å². The second-order valence-electron chi connectivity index (χ2n) is 3.75. The first-order valence-electron chi connectivity index (χ1n) is 5.72. The normalized spacial score (nSPS) is 9.89. The molecule has 0 radical (unpaired) electrons. The zero-order valence-corrected chi connectivity index (χ0v) is 11.4. The summed E-state index contributed by atoms with van der Waals surface area (Å²) in [6.45, 7) is 3.61. The Labute approximate surface area is 111 Å². The van der Waals surface area contributed by atoms with Crippen LogP contribution in [0.2, 0.25) is 0 Å². The SMILES string of the molecule is CC(=O)Nc1ccc(OCCCSC(C)=O)cc1. The Kier molecular flexibility index (Phi) is 6.28. The van der Waals surface area contributed by atoms with Crippen LogP contribution in [0.1, 0.15) is 20.3 Å². The van der Waals surface area contributed by atoms with Gasteiger partial charge in [-0.05, 0) is 30.7 Å². The summed E-state index contributed by atoms with van der Waals surface area (Å²) in [6.07, 6.45) is 0.831. The van der Waals surface area contributed by atoms with Crippen molar-refractivity contribution in [3.05, 3.63) is 24.3 Å². The number of carbonyl (C=O) groups is 2. The molecular weight excluding hydrogens is 250 g/mol. The summed E-state index contributed by atoms with van der Waals surface area (Å²) < 4.78 is 5.51. The van der Waals surface area contributed by atoms with Gasteiger partial charge in [0.2, 0.25) is 5.91 Å². The lowest BCUT2D eigenvalue weighted by molar-refractivity contribution is -0.114. The Morgan fingerprint density at radius 3 is 2.44 bits per heavy atom. The molecule has 1 aromatic carbocycles. The molecule has 0 saturated heterocycles. The van der Waals surface area contributed by atoms with Gasteiger partial charge >= 0.3 is 0 Å². The van der Waals surface area contributed by atoms with Crippen molar-refractivity contribution in [2.24, 2.45) is 0 Å². The van der Waals surface area contributed by atoms with Crippen LogP contribution in [0.25, 0.3) is 0 Å². The lowest BCUT2D eigenvalue weighted by Gasteiger charge is -2.07. The third-order valence-electron chi connectivity index (χ3n) is 2.04. The number of carbonyl (C=O) groups excluding carboxylic acids is 2. The quantitative estimate of drug-likeness (QED) is 0.805. The topological polar surface area (TPSA) is 55.4 Å². The molecule has 0 heterocycles. The molecule has 0 aliphatic carbocycles. The summed E-state index contributed by atoms with van der Waals surface area (Å²) in [5.74, 6) is 1.45. The highest BCUT2D eigenvalue weighted by molar-refractivity contribution is 8.13. The van der Waals surface area contributed by atoms with E-state index in [1.165, 1.54) is 18.7 Å². The summed E-state index contributed by atoms with van der Waals surface area (Å²) in [7, 11) is 0. The standard InChI is InChI=1S/C13H17NO3S/c1-10(15)14-12-4-6-13(7-5-12)17-8-3-9-18-11(2)16/h4-7H,3,8-9H2,1-2H3,(H,14,15). The minimum Gasteiger partial charge on any atom is -0.494 e. The third-order valence-corrected chi connectivity index (χ3v) is 2.94. The van der Waals surface area contributed by atoms with E-state index in [1.807, 2.05) is 12.1 Å². The predicted octanol–water partition coefficient (Wildman–Crippen LogP) is 2.69. The lowest BCUT2D eigenvalue weighted by Crippen LogP contribution is -2.05. The van der Waals surface area contributed by atoms with Gasteiger partial charge in [-0.25, -0.2) is 0 Å². The van der Waals surface area contributed by atoms with Crippen LogP contribution in [-0.4, -0.2) is 23.4 Å². The summed E-state index contributed by atoms with van der Waals surface area (Å²) >= 11 is 1.31. The van der Waals surface area contributed by atoms with Crippen LogP contribution in [0.3, 0.4) is 0 Å². The molecule has 0 saturated carbocycles. The Balaban J connectivity index is 2.26. The summed E-state index contributed by atoms with van der Waals surface area (Å²) in [5, 5.41) is 2.82. The van der Waals surface area contributed by atoms with E-state index in [4.69, 9.17) is 4.74 Å². The molecule has 1 N–H and O–H groups in total. The highest BCUT2D eigenvalue weighted by atomic mass is 32.2. The van der Waals surface area contributed by atoms with Crippen molar-refractivity contribution in [3.8, 4) is 5.75 Å². The summed E-state index contributed by atoms with van der Waals surface area (Å²) in [5.41, 5.74) is 0.752. The van der Waals surface area contributed by atoms with E-state index in [-0.39, 0.29) is 11.0 Å². The maximum absolute atomic E-state index is 10.8. The van der Waals surface area contributed by atoms with Crippen LogP contribution >= 0.6 is 11.8 Å². The molecule has 0 aliphatic rings. The average Bonchev–Trinajstić information content (AvgIpc) is 2.30. The number of anilines is 1. The number of hydrogen-bond acceptors (Lipinski definition) is 4. The van der Waals surface area contributed by atoms with E-state index >= 15 is 0 Å². The zero-order valence-electron chi connectivity index (χ0n) is 10.6. The van der Waals surface area contributed by atoms with Gasteiger partial charge in [0.15, 0.2) is 5.12 Å². The van der Waals surface area contributed by atoms with Gasteiger partial charge in [0, 0.05) is 25.3 Å². The average molecular weight is 267 g/mol. The number of nitrogens with one attached hydrogen (secondary N) is 1. The third kappa shape index (κ3) is 6.30. The Morgan fingerprint density at radius 2 is 1.89 bits per heavy atom. The van der Waals surface area contributed by atoms with Crippen molar-refractivity contribution < 1.29 is 14.3 Å². The summed E-state index contributed by atoms with van der Waals surface area (Å²) in [4.78, 5) is 21.5. The van der Waals surface area contributed by atoms with Gasteiger partial charge in [0.05, 0.1) is 6.61 Å². The molecule has 98 valence electrons. The van der Waals surface area contributed by atoms with E-state index in [0.717, 1.165) is 23.6 Å². The van der Waals surface area contributed by atoms with Gasteiger partial charge in [-0.2, -0.15) is 0 Å². The van der Waals surface area contributed by atoms with E-state index < -0.39 is 0 Å². The molecule has 1 aromatic rings. The van der Waals surface area contributed by atoms with Crippen molar-refractivity contribution in [3.63, 3.8) is 0 Å². The highest BCUT2D eigenvalue weighted by Crippen LogP contribution is 2.16. The molecule has 5 heteroatoms. The fraction of sp³-hybridized carbons (Fsp3) is 0.385. The molecule has 0 unspecified atom stereocenters. The van der Waals surface area contributed by atoms with Gasteiger partial charge in [0.1, 0.15) is 5.75 Å².